The van der Waals surface area contributed by atoms with Crippen LogP contribution in [0.3, 0.4) is 0 Å². The summed E-state index contributed by atoms with van der Waals surface area (Å²) >= 11 is 6.01. The molecule has 1 aromatic heterocycles. The zero-order valence-corrected chi connectivity index (χ0v) is 9.12. The number of aromatic nitrogens is 1. The highest BCUT2D eigenvalue weighted by Gasteiger charge is 2.04. The molecule has 76 valence electrons. The van der Waals surface area contributed by atoms with Crippen molar-refractivity contribution in [3.05, 3.63) is 53.3 Å². The minimum atomic E-state index is 0.499. The van der Waals surface area contributed by atoms with Gasteiger partial charge >= 0.3 is 0 Å². The second-order valence-electron chi connectivity index (χ2n) is 3.28. The topological polar surface area (TPSA) is 24.9 Å². The maximum atomic E-state index is 6.01. The standard InChI is InChI=1S/C12H11ClN2/c1-9-7-8-14-12(13)11(9)15-10-5-3-2-4-6-10/h2-8,15H,1H3. The van der Waals surface area contributed by atoms with E-state index < -0.39 is 0 Å². The van der Waals surface area contributed by atoms with Gasteiger partial charge in [0.2, 0.25) is 0 Å². The van der Waals surface area contributed by atoms with E-state index in [0.29, 0.717) is 5.15 Å². The van der Waals surface area contributed by atoms with Gasteiger partial charge in [0.25, 0.3) is 0 Å². The van der Waals surface area contributed by atoms with E-state index in [1.54, 1.807) is 6.20 Å². The lowest BCUT2D eigenvalue weighted by molar-refractivity contribution is 1.28. The fourth-order valence-corrected chi connectivity index (χ4v) is 1.59. The summed E-state index contributed by atoms with van der Waals surface area (Å²) in [6, 6.07) is 11.8. The van der Waals surface area contributed by atoms with Crippen LogP contribution in [0.25, 0.3) is 0 Å². The van der Waals surface area contributed by atoms with E-state index in [9.17, 15) is 0 Å². The van der Waals surface area contributed by atoms with Gasteiger partial charge in [-0.3, -0.25) is 0 Å². The van der Waals surface area contributed by atoms with Gasteiger partial charge in [0.15, 0.2) is 5.15 Å². The van der Waals surface area contributed by atoms with Crippen molar-refractivity contribution < 1.29 is 0 Å². The molecule has 1 aromatic carbocycles. The highest BCUT2D eigenvalue weighted by molar-refractivity contribution is 6.32. The lowest BCUT2D eigenvalue weighted by Crippen LogP contribution is -1.95. The highest BCUT2D eigenvalue weighted by atomic mass is 35.5. The summed E-state index contributed by atoms with van der Waals surface area (Å²) in [5, 5.41) is 3.74. The Bertz CT molecular complexity index is 434. The number of benzene rings is 1. The van der Waals surface area contributed by atoms with Crippen LogP contribution in [0.5, 0.6) is 0 Å². The summed E-state index contributed by atoms with van der Waals surface area (Å²) in [6.07, 6.45) is 1.70. The normalized spacial score (nSPS) is 10.0. The molecule has 0 radical (unpaired) electrons. The van der Waals surface area contributed by atoms with Crippen LogP contribution in [0, 0.1) is 6.92 Å². The van der Waals surface area contributed by atoms with Crippen LogP contribution in [-0.2, 0) is 0 Å². The summed E-state index contributed by atoms with van der Waals surface area (Å²) in [7, 11) is 0. The van der Waals surface area contributed by atoms with E-state index >= 15 is 0 Å². The predicted octanol–water partition coefficient (Wildman–Crippen LogP) is 3.79. The molecule has 0 saturated heterocycles. The minimum Gasteiger partial charge on any atom is -0.353 e. The van der Waals surface area contributed by atoms with Gasteiger partial charge in [-0.15, -0.1) is 0 Å². The zero-order valence-electron chi connectivity index (χ0n) is 8.37. The fourth-order valence-electron chi connectivity index (χ4n) is 1.34. The van der Waals surface area contributed by atoms with Crippen LogP contribution < -0.4 is 5.32 Å². The Hall–Kier alpha value is -1.54. The number of halogens is 1. The maximum absolute atomic E-state index is 6.01. The number of pyridine rings is 1. The number of nitrogens with zero attached hydrogens (tertiary/aromatic N) is 1. The van der Waals surface area contributed by atoms with Crippen molar-refractivity contribution in [3.8, 4) is 0 Å². The van der Waals surface area contributed by atoms with Crippen LogP contribution in [0.2, 0.25) is 5.15 Å². The van der Waals surface area contributed by atoms with Crippen LogP contribution in [0.15, 0.2) is 42.6 Å². The Morgan fingerprint density at radius 1 is 1.13 bits per heavy atom. The molecular weight excluding hydrogens is 208 g/mol. The minimum absolute atomic E-state index is 0.499. The predicted molar refractivity (Wildman–Crippen MR) is 63.7 cm³/mol. The second-order valence-corrected chi connectivity index (χ2v) is 3.64. The summed E-state index contributed by atoms with van der Waals surface area (Å²) in [6.45, 7) is 2.00. The first-order valence-corrected chi connectivity index (χ1v) is 5.08. The molecule has 0 aliphatic rings. The van der Waals surface area contributed by atoms with Gasteiger partial charge in [0.1, 0.15) is 0 Å². The second kappa shape index (κ2) is 4.32. The number of nitrogens with one attached hydrogen (secondary N) is 1. The molecule has 2 aromatic rings. The van der Waals surface area contributed by atoms with Crippen LogP contribution >= 0.6 is 11.6 Å². The van der Waals surface area contributed by atoms with E-state index in [1.807, 2.05) is 43.3 Å². The molecule has 0 fully saturated rings. The molecular formula is C12H11ClN2. The molecule has 0 aliphatic carbocycles. The van der Waals surface area contributed by atoms with Gasteiger partial charge < -0.3 is 5.32 Å². The average Bonchev–Trinajstić information content (AvgIpc) is 2.25. The van der Waals surface area contributed by atoms with E-state index in [2.05, 4.69) is 10.3 Å². The monoisotopic (exact) mass is 218 g/mol. The van der Waals surface area contributed by atoms with Gasteiger partial charge in [-0.05, 0) is 30.7 Å². The molecule has 0 unspecified atom stereocenters. The average molecular weight is 219 g/mol. The van der Waals surface area contributed by atoms with Crippen molar-refractivity contribution in [2.45, 2.75) is 6.92 Å². The number of hydrogen-bond donors (Lipinski definition) is 1. The number of hydrogen-bond acceptors (Lipinski definition) is 2. The largest absolute Gasteiger partial charge is 0.353 e. The highest BCUT2D eigenvalue weighted by Crippen LogP contribution is 2.26. The Morgan fingerprint density at radius 3 is 2.53 bits per heavy atom. The summed E-state index contributed by atoms with van der Waals surface area (Å²) in [4.78, 5) is 4.04. The van der Waals surface area contributed by atoms with Crippen molar-refractivity contribution in [1.29, 1.82) is 0 Å². The SMILES string of the molecule is Cc1ccnc(Cl)c1Nc1ccccc1. The molecule has 15 heavy (non-hydrogen) atoms. The van der Waals surface area contributed by atoms with E-state index in [4.69, 9.17) is 11.6 Å². The molecule has 0 aliphatic heterocycles. The third-order valence-corrected chi connectivity index (χ3v) is 2.44. The van der Waals surface area contributed by atoms with Gasteiger partial charge in [0.05, 0.1) is 5.69 Å². The number of rotatable bonds is 2. The van der Waals surface area contributed by atoms with Crippen molar-refractivity contribution >= 4 is 23.0 Å². The Balaban J connectivity index is 2.32. The molecule has 0 amide bonds. The first-order valence-electron chi connectivity index (χ1n) is 4.70. The summed E-state index contributed by atoms with van der Waals surface area (Å²) in [5.74, 6) is 0. The van der Waals surface area contributed by atoms with Crippen molar-refractivity contribution in [1.82, 2.24) is 4.98 Å². The van der Waals surface area contributed by atoms with Gasteiger partial charge in [-0.2, -0.15) is 0 Å². The van der Waals surface area contributed by atoms with Crippen LogP contribution in [-0.4, -0.2) is 4.98 Å². The molecule has 0 saturated carbocycles. The lowest BCUT2D eigenvalue weighted by Gasteiger charge is -2.10. The number of anilines is 2. The molecule has 0 spiro atoms. The summed E-state index contributed by atoms with van der Waals surface area (Å²) in [5.41, 5.74) is 2.96. The Morgan fingerprint density at radius 2 is 1.87 bits per heavy atom. The van der Waals surface area contributed by atoms with E-state index in [0.717, 1.165) is 16.9 Å². The quantitative estimate of drug-likeness (QED) is 0.776. The number of aryl methyl sites for hydroxylation is 1. The van der Waals surface area contributed by atoms with Crippen molar-refractivity contribution in [2.75, 3.05) is 5.32 Å². The first kappa shape index (κ1) is 9.99. The fraction of sp³-hybridized carbons (Fsp3) is 0.0833. The zero-order chi connectivity index (χ0) is 10.7. The molecule has 2 nitrogen and oxygen atoms in total. The van der Waals surface area contributed by atoms with Crippen molar-refractivity contribution in [3.63, 3.8) is 0 Å². The lowest BCUT2D eigenvalue weighted by atomic mass is 10.2. The Labute approximate surface area is 93.9 Å². The third-order valence-electron chi connectivity index (χ3n) is 2.16. The molecule has 3 heteroatoms. The van der Waals surface area contributed by atoms with Gasteiger partial charge in [0, 0.05) is 11.9 Å². The Kier molecular flexibility index (Phi) is 2.88. The molecule has 0 bridgehead atoms. The molecule has 2 rings (SSSR count). The third kappa shape index (κ3) is 2.28. The first-order chi connectivity index (χ1) is 7.27. The van der Waals surface area contributed by atoms with E-state index in [-0.39, 0.29) is 0 Å². The molecule has 0 atom stereocenters. The van der Waals surface area contributed by atoms with Crippen molar-refractivity contribution in [2.24, 2.45) is 0 Å². The smallest absolute Gasteiger partial charge is 0.152 e. The maximum Gasteiger partial charge on any atom is 0.152 e. The molecule has 1 N–H and O–H groups in total. The van der Waals surface area contributed by atoms with Crippen LogP contribution in [0.1, 0.15) is 5.56 Å². The van der Waals surface area contributed by atoms with E-state index in [1.165, 1.54) is 0 Å². The van der Waals surface area contributed by atoms with Crippen LogP contribution in [0.4, 0.5) is 11.4 Å². The van der Waals surface area contributed by atoms with Gasteiger partial charge in [-0.1, -0.05) is 29.8 Å². The molecule has 1 heterocycles. The summed E-state index contributed by atoms with van der Waals surface area (Å²) < 4.78 is 0. The van der Waals surface area contributed by atoms with Gasteiger partial charge in [-0.25, -0.2) is 4.98 Å². The number of para-hydroxylation sites is 1.